The van der Waals surface area contributed by atoms with Crippen LogP contribution >= 0.6 is 11.3 Å². The van der Waals surface area contributed by atoms with Crippen molar-refractivity contribution in [3.8, 4) is 0 Å². The minimum absolute atomic E-state index is 0.0655. The fourth-order valence-electron chi connectivity index (χ4n) is 3.99. The normalized spacial score (nSPS) is 19.2. The Labute approximate surface area is 176 Å². The molecule has 1 aliphatic carbocycles. The Morgan fingerprint density at radius 3 is 2.73 bits per heavy atom. The molecule has 2 N–H and O–H groups in total. The summed E-state index contributed by atoms with van der Waals surface area (Å²) in [4.78, 5) is 32.7. The molecule has 1 saturated heterocycles. The quantitative estimate of drug-likeness (QED) is 0.651. The average Bonchev–Trinajstić information content (AvgIpc) is 3.24. The monoisotopic (exact) mass is 429 g/mol. The Morgan fingerprint density at radius 2 is 2.13 bits per heavy atom. The number of β-amino-alcohol motifs (C(OH)–C–C–N with tert-alkyl or cyclic N) is 1. The van der Waals surface area contributed by atoms with Gasteiger partial charge in [-0.25, -0.2) is 9.75 Å². The summed E-state index contributed by atoms with van der Waals surface area (Å²) in [6.07, 6.45) is 1.83. The van der Waals surface area contributed by atoms with Gasteiger partial charge < -0.3 is 5.11 Å². The molecule has 4 heterocycles. The number of aromatic amines is 1. The van der Waals surface area contributed by atoms with E-state index in [9.17, 15) is 14.7 Å². The van der Waals surface area contributed by atoms with Crippen LogP contribution in [0, 0.1) is 13.8 Å². The van der Waals surface area contributed by atoms with Gasteiger partial charge in [-0.2, -0.15) is 10.2 Å². The molecule has 0 aromatic carbocycles. The lowest BCUT2D eigenvalue weighted by molar-refractivity contribution is -0.0778. The predicted octanol–water partition coefficient (Wildman–Crippen LogP) is 1.55. The minimum atomic E-state index is -0.729. The van der Waals surface area contributed by atoms with Crippen molar-refractivity contribution < 1.29 is 14.7 Å². The van der Waals surface area contributed by atoms with Crippen LogP contribution in [0.2, 0.25) is 0 Å². The van der Waals surface area contributed by atoms with Gasteiger partial charge >= 0.3 is 0 Å². The first-order valence-electron chi connectivity index (χ1n) is 10.0. The summed E-state index contributed by atoms with van der Waals surface area (Å²) in [6, 6.07) is 0. The number of rotatable bonds is 4. The first-order chi connectivity index (χ1) is 14.3. The van der Waals surface area contributed by atoms with Crippen LogP contribution in [0.4, 0.5) is 0 Å². The zero-order valence-corrected chi connectivity index (χ0v) is 17.9. The van der Waals surface area contributed by atoms with Crippen LogP contribution in [0.25, 0.3) is 10.1 Å². The number of hydrogen-bond donors (Lipinski definition) is 2. The topological polar surface area (TPSA) is 113 Å². The summed E-state index contributed by atoms with van der Waals surface area (Å²) in [5.41, 5.74) is 3.76. The molecular weight excluding hydrogens is 406 g/mol. The first-order valence-corrected chi connectivity index (χ1v) is 10.8. The maximum atomic E-state index is 13.5. The maximum Gasteiger partial charge on any atom is 0.279 e. The molecule has 9 nitrogen and oxygen atoms in total. The number of amides is 1. The Bertz CT molecular complexity index is 1200. The molecule has 1 unspecified atom stereocenters. The predicted molar refractivity (Wildman–Crippen MR) is 111 cm³/mol. The molecule has 1 atom stereocenters. The molecule has 1 amide bonds. The second-order valence-electron chi connectivity index (χ2n) is 8.10. The van der Waals surface area contributed by atoms with Crippen LogP contribution in [0.3, 0.4) is 0 Å². The zero-order valence-electron chi connectivity index (χ0n) is 17.1. The van der Waals surface area contributed by atoms with Crippen LogP contribution in [0.1, 0.15) is 56.6 Å². The molecule has 0 bridgehead atoms. The fourth-order valence-corrected chi connectivity index (χ4v) is 5.34. The summed E-state index contributed by atoms with van der Waals surface area (Å²) in [5, 5.41) is 23.2. The fraction of sp³-hybridized carbons (Fsp3) is 0.500. The van der Waals surface area contributed by atoms with E-state index in [1.54, 1.807) is 7.05 Å². The number of fused-ring (bicyclic) bond motifs is 1. The largest absolute Gasteiger partial charge is 0.389 e. The highest BCUT2D eigenvalue weighted by molar-refractivity contribution is 7.19. The molecule has 3 aromatic rings. The Balaban J connectivity index is 1.73. The number of aliphatic hydroxyl groups is 1. The summed E-state index contributed by atoms with van der Waals surface area (Å²) in [5.74, 6) is -0.0624. The van der Waals surface area contributed by atoms with E-state index in [2.05, 4.69) is 15.3 Å². The van der Waals surface area contributed by atoms with Crippen LogP contribution < -0.4 is 5.56 Å². The number of hydroxylamine groups is 2. The summed E-state index contributed by atoms with van der Waals surface area (Å²) in [7, 11) is 1.62. The van der Waals surface area contributed by atoms with Crippen molar-refractivity contribution in [2.45, 2.75) is 45.1 Å². The van der Waals surface area contributed by atoms with E-state index in [0.717, 1.165) is 45.1 Å². The summed E-state index contributed by atoms with van der Waals surface area (Å²) >= 11 is 1.46. The van der Waals surface area contributed by atoms with Crippen molar-refractivity contribution in [2.24, 2.45) is 7.05 Å². The number of aliphatic hydroxyl groups excluding tert-OH is 1. The van der Waals surface area contributed by atoms with E-state index >= 15 is 0 Å². The Morgan fingerprint density at radius 1 is 1.37 bits per heavy atom. The number of aromatic nitrogens is 4. The van der Waals surface area contributed by atoms with Gasteiger partial charge in [0.25, 0.3) is 11.5 Å². The van der Waals surface area contributed by atoms with Crippen molar-refractivity contribution >= 4 is 27.3 Å². The van der Waals surface area contributed by atoms with Crippen molar-refractivity contribution in [1.82, 2.24) is 25.0 Å². The molecule has 5 rings (SSSR count). The summed E-state index contributed by atoms with van der Waals surface area (Å²) in [6.45, 7) is 4.01. The molecular formula is C20H23N5O4S. The zero-order chi connectivity index (χ0) is 21.2. The molecule has 1 saturated carbocycles. The van der Waals surface area contributed by atoms with E-state index < -0.39 is 12.0 Å². The molecule has 158 valence electrons. The van der Waals surface area contributed by atoms with Crippen LogP contribution in [-0.4, -0.2) is 55.3 Å². The Hall–Kier alpha value is -2.56. The van der Waals surface area contributed by atoms with Gasteiger partial charge in [0.1, 0.15) is 12.7 Å². The maximum absolute atomic E-state index is 13.5. The van der Waals surface area contributed by atoms with Gasteiger partial charge in [-0.15, -0.1) is 11.3 Å². The summed E-state index contributed by atoms with van der Waals surface area (Å²) < 4.78 is 2.12. The first kappa shape index (κ1) is 19.4. The van der Waals surface area contributed by atoms with Crippen molar-refractivity contribution in [3.05, 3.63) is 43.4 Å². The lowest BCUT2D eigenvalue weighted by atomic mass is 10.0. The van der Waals surface area contributed by atoms with Gasteiger partial charge in [0.15, 0.2) is 0 Å². The molecule has 0 radical (unpaired) electrons. The number of thiophene rings is 1. The third-order valence-corrected chi connectivity index (χ3v) is 7.01. The number of aryl methyl sites for hydroxylation is 3. The molecule has 2 aliphatic rings. The van der Waals surface area contributed by atoms with E-state index in [-0.39, 0.29) is 18.7 Å². The highest BCUT2D eigenvalue weighted by Gasteiger charge is 2.35. The van der Waals surface area contributed by atoms with Gasteiger partial charge in [-0.1, -0.05) is 0 Å². The van der Waals surface area contributed by atoms with Crippen molar-refractivity contribution in [2.75, 3.05) is 13.2 Å². The molecule has 0 spiro atoms. The smallest absolute Gasteiger partial charge is 0.279 e. The average molecular weight is 430 g/mol. The van der Waals surface area contributed by atoms with Gasteiger partial charge in [0.05, 0.1) is 33.6 Å². The number of carbonyl (C=O) groups is 1. The van der Waals surface area contributed by atoms with Crippen LogP contribution in [-0.2, 0) is 18.3 Å². The van der Waals surface area contributed by atoms with Crippen molar-refractivity contribution in [3.63, 3.8) is 0 Å². The van der Waals surface area contributed by atoms with E-state index in [1.165, 1.54) is 21.1 Å². The molecule has 2 fully saturated rings. The molecule has 3 aromatic heterocycles. The number of nitrogens with one attached hydrogen (secondary N) is 1. The lowest BCUT2D eigenvalue weighted by Crippen LogP contribution is -2.30. The van der Waals surface area contributed by atoms with Crippen LogP contribution in [0.15, 0.2) is 4.79 Å². The van der Waals surface area contributed by atoms with E-state index in [1.807, 2.05) is 13.8 Å². The molecule has 1 aliphatic heterocycles. The molecule has 10 heteroatoms. The minimum Gasteiger partial charge on any atom is -0.389 e. The van der Waals surface area contributed by atoms with Crippen LogP contribution in [0.5, 0.6) is 0 Å². The number of H-pyrrole nitrogens is 1. The van der Waals surface area contributed by atoms with Gasteiger partial charge in [0, 0.05) is 35.5 Å². The third kappa shape index (κ3) is 3.06. The van der Waals surface area contributed by atoms with Gasteiger partial charge in [0.2, 0.25) is 0 Å². The van der Waals surface area contributed by atoms with Gasteiger partial charge in [-0.3, -0.25) is 19.5 Å². The lowest BCUT2D eigenvalue weighted by Gasteiger charge is -2.15. The third-order valence-electron chi connectivity index (χ3n) is 5.80. The van der Waals surface area contributed by atoms with E-state index in [0.29, 0.717) is 23.3 Å². The number of nitrogens with zero attached hydrogens (tertiary/aromatic N) is 4. The van der Waals surface area contributed by atoms with Crippen molar-refractivity contribution in [1.29, 1.82) is 0 Å². The standard InChI is InChI=1S/C20H23N5O4S/c1-9-13(10(2)22-21-9)6-14-15(20(28)25-7-12(26)8-29-25)16-18(30-14)17(11-4-5-11)23-24(3)19(16)27/h11-12,26H,4-8H2,1-3H3,(H,21,22). The van der Waals surface area contributed by atoms with E-state index in [4.69, 9.17) is 4.84 Å². The highest BCUT2D eigenvalue weighted by Crippen LogP contribution is 2.45. The second-order valence-corrected chi connectivity index (χ2v) is 9.20. The van der Waals surface area contributed by atoms with Gasteiger partial charge in [-0.05, 0) is 26.7 Å². The Kier molecular flexibility index (Phi) is 4.53. The number of carbonyl (C=O) groups excluding carboxylic acids is 1. The highest BCUT2D eigenvalue weighted by atomic mass is 32.1. The SMILES string of the molecule is Cc1n[nH]c(C)c1Cc1sc2c(C3CC3)nn(C)c(=O)c2c1C(=O)N1CC(O)CO1. The number of hydrogen-bond acceptors (Lipinski definition) is 7. The molecule has 30 heavy (non-hydrogen) atoms. The second kappa shape index (κ2) is 7.00.